The Labute approximate surface area is 189 Å². The molecule has 1 atom stereocenters. The van der Waals surface area contributed by atoms with Crippen LogP contribution in [0.15, 0.2) is 73.1 Å². The molecular formula is C27H29N3O2. The molecule has 2 heterocycles. The van der Waals surface area contributed by atoms with E-state index in [4.69, 9.17) is 4.74 Å². The topological polar surface area (TPSA) is 56.5 Å². The van der Waals surface area contributed by atoms with Gasteiger partial charge in [0.1, 0.15) is 5.41 Å². The second-order valence-corrected chi connectivity index (χ2v) is 8.62. The van der Waals surface area contributed by atoms with E-state index in [1.54, 1.807) is 10.7 Å². The Morgan fingerprint density at radius 3 is 2.44 bits per heavy atom. The van der Waals surface area contributed by atoms with Crippen molar-refractivity contribution in [2.24, 2.45) is 0 Å². The number of benzene rings is 2. The first-order valence-corrected chi connectivity index (χ1v) is 11.1. The SMILES string of the molecule is CCOC(=O)C(C)(Cc1ccccc1)c1ccnc2c(-c3ccc(C(C)C)cc3)cnn12. The lowest BCUT2D eigenvalue weighted by atomic mass is 9.80. The highest BCUT2D eigenvalue weighted by molar-refractivity contribution is 5.84. The minimum Gasteiger partial charge on any atom is -0.465 e. The van der Waals surface area contributed by atoms with Gasteiger partial charge in [-0.25, -0.2) is 9.50 Å². The summed E-state index contributed by atoms with van der Waals surface area (Å²) in [5, 5.41) is 4.65. The van der Waals surface area contributed by atoms with Crippen molar-refractivity contribution < 1.29 is 9.53 Å². The van der Waals surface area contributed by atoms with Gasteiger partial charge in [0.15, 0.2) is 5.65 Å². The maximum Gasteiger partial charge on any atom is 0.318 e. The fourth-order valence-corrected chi connectivity index (χ4v) is 4.12. The second-order valence-electron chi connectivity index (χ2n) is 8.62. The van der Waals surface area contributed by atoms with Crippen LogP contribution in [0.3, 0.4) is 0 Å². The van der Waals surface area contributed by atoms with Gasteiger partial charge in [-0.2, -0.15) is 5.10 Å². The van der Waals surface area contributed by atoms with Gasteiger partial charge >= 0.3 is 5.97 Å². The molecule has 164 valence electrons. The van der Waals surface area contributed by atoms with E-state index in [-0.39, 0.29) is 5.97 Å². The zero-order valence-corrected chi connectivity index (χ0v) is 19.1. The van der Waals surface area contributed by atoms with E-state index in [9.17, 15) is 4.79 Å². The van der Waals surface area contributed by atoms with Crippen LogP contribution >= 0.6 is 0 Å². The number of nitrogens with zero attached hydrogens (tertiary/aromatic N) is 3. The number of hydrogen-bond donors (Lipinski definition) is 0. The average Bonchev–Trinajstić information content (AvgIpc) is 3.24. The normalized spacial score (nSPS) is 13.3. The van der Waals surface area contributed by atoms with Crippen LogP contribution in [0.4, 0.5) is 0 Å². The molecule has 32 heavy (non-hydrogen) atoms. The minimum absolute atomic E-state index is 0.269. The van der Waals surface area contributed by atoms with Crippen LogP contribution in [0, 0.1) is 0 Å². The van der Waals surface area contributed by atoms with Gasteiger partial charge in [-0.3, -0.25) is 4.79 Å². The highest BCUT2D eigenvalue weighted by Crippen LogP contribution is 2.32. The van der Waals surface area contributed by atoms with Crippen molar-refractivity contribution in [2.75, 3.05) is 6.61 Å². The van der Waals surface area contributed by atoms with Crippen molar-refractivity contribution in [3.05, 3.63) is 89.9 Å². The van der Waals surface area contributed by atoms with Crippen molar-refractivity contribution in [1.82, 2.24) is 14.6 Å². The van der Waals surface area contributed by atoms with Crippen molar-refractivity contribution in [3.8, 4) is 11.1 Å². The standard InChI is InChI=1S/C27H29N3O2/c1-5-32-26(31)27(4,17-20-9-7-6-8-10-20)24-15-16-28-25-23(18-29-30(24)25)22-13-11-21(12-14-22)19(2)3/h6-16,18-19H,5,17H2,1-4H3. The third kappa shape index (κ3) is 4.03. The Balaban J connectivity index is 1.82. The van der Waals surface area contributed by atoms with Crippen LogP contribution in [-0.2, 0) is 21.4 Å². The number of hydrogen-bond acceptors (Lipinski definition) is 4. The van der Waals surface area contributed by atoms with Gasteiger partial charge in [0.2, 0.25) is 0 Å². The predicted molar refractivity (Wildman–Crippen MR) is 127 cm³/mol. The van der Waals surface area contributed by atoms with E-state index in [0.717, 1.165) is 28.0 Å². The molecular weight excluding hydrogens is 398 g/mol. The lowest BCUT2D eigenvalue weighted by molar-refractivity contribution is -0.149. The Kier molecular flexibility index (Phi) is 6.08. The van der Waals surface area contributed by atoms with Crippen LogP contribution in [0.5, 0.6) is 0 Å². The summed E-state index contributed by atoms with van der Waals surface area (Å²) in [6.07, 6.45) is 4.08. The number of aromatic nitrogens is 3. The first-order valence-electron chi connectivity index (χ1n) is 11.1. The number of carbonyl (C=O) groups is 1. The summed E-state index contributed by atoms with van der Waals surface area (Å²) in [6.45, 7) is 8.44. The molecule has 0 spiro atoms. The fourth-order valence-electron chi connectivity index (χ4n) is 4.12. The summed E-state index contributed by atoms with van der Waals surface area (Å²) in [5.41, 5.74) is 4.91. The van der Waals surface area contributed by atoms with Crippen LogP contribution in [0.1, 0.15) is 50.4 Å². The highest BCUT2D eigenvalue weighted by atomic mass is 16.5. The quantitative estimate of drug-likeness (QED) is 0.361. The monoisotopic (exact) mass is 427 g/mol. The molecule has 0 radical (unpaired) electrons. The Morgan fingerprint density at radius 1 is 1.06 bits per heavy atom. The lowest BCUT2D eigenvalue weighted by Gasteiger charge is -2.28. The summed E-state index contributed by atoms with van der Waals surface area (Å²) in [7, 11) is 0. The molecule has 0 bridgehead atoms. The van der Waals surface area contributed by atoms with E-state index >= 15 is 0 Å². The molecule has 0 aliphatic heterocycles. The fraction of sp³-hybridized carbons (Fsp3) is 0.296. The number of esters is 1. The van der Waals surface area contributed by atoms with E-state index in [2.05, 4.69) is 48.2 Å². The van der Waals surface area contributed by atoms with Crippen LogP contribution < -0.4 is 0 Å². The second kappa shape index (κ2) is 8.95. The van der Waals surface area contributed by atoms with Crippen molar-refractivity contribution in [2.45, 2.75) is 45.4 Å². The number of rotatable bonds is 7. The lowest BCUT2D eigenvalue weighted by Crippen LogP contribution is -2.38. The summed E-state index contributed by atoms with van der Waals surface area (Å²) < 4.78 is 7.29. The summed E-state index contributed by atoms with van der Waals surface area (Å²) in [5.74, 6) is 0.204. The predicted octanol–water partition coefficient (Wildman–Crippen LogP) is 5.58. The van der Waals surface area contributed by atoms with Crippen LogP contribution in [0.25, 0.3) is 16.8 Å². The highest BCUT2D eigenvalue weighted by Gasteiger charge is 2.39. The van der Waals surface area contributed by atoms with Crippen molar-refractivity contribution in [1.29, 1.82) is 0 Å². The van der Waals surface area contributed by atoms with E-state index in [0.29, 0.717) is 18.9 Å². The molecule has 2 aromatic carbocycles. The van der Waals surface area contributed by atoms with Crippen LogP contribution in [-0.4, -0.2) is 27.2 Å². The third-order valence-electron chi connectivity index (χ3n) is 5.98. The molecule has 0 saturated carbocycles. The van der Waals surface area contributed by atoms with E-state index < -0.39 is 5.41 Å². The molecule has 2 aromatic heterocycles. The van der Waals surface area contributed by atoms with Gasteiger partial charge in [0.05, 0.1) is 18.5 Å². The smallest absolute Gasteiger partial charge is 0.318 e. The molecule has 0 N–H and O–H groups in total. The van der Waals surface area contributed by atoms with Gasteiger partial charge in [0, 0.05) is 11.8 Å². The molecule has 4 rings (SSSR count). The molecule has 0 amide bonds. The number of carbonyl (C=O) groups excluding carboxylic acids is 1. The maximum absolute atomic E-state index is 13.2. The largest absolute Gasteiger partial charge is 0.465 e. The zero-order chi connectivity index (χ0) is 22.7. The Morgan fingerprint density at radius 2 is 1.78 bits per heavy atom. The Bertz CT molecular complexity index is 1210. The first-order chi connectivity index (χ1) is 15.4. The molecule has 0 fully saturated rings. The maximum atomic E-state index is 13.2. The zero-order valence-electron chi connectivity index (χ0n) is 19.1. The molecule has 5 nitrogen and oxygen atoms in total. The average molecular weight is 428 g/mol. The molecule has 1 unspecified atom stereocenters. The molecule has 0 saturated heterocycles. The van der Waals surface area contributed by atoms with Crippen LogP contribution in [0.2, 0.25) is 0 Å². The third-order valence-corrected chi connectivity index (χ3v) is 5.98. The van der Waals surface area contributed by atoms with E-state index in [1.165, 1.54) is 5.56 Å². The number of ether oxygens (including phenoxy) is 1. The van der Waals surface area contributed by atoms with Gasteiger partial charge in [-0.05, 0) is 48.9 Å². The summed E-state index contributed by atoms with van der Waals surface area (Å²) in [6, 6.07) is 20.4. The molecule has 0 aliphatic carbocycles. The summed E-state index contributed by atoms with van der Waals surface area (Å²) >= 11 is 0. The van der Waals surface area contributed by atoms with Gasteiger partial charge < -0.3 is 4.74 Å². The molecule has 0 aliphatic rings. The first kappa shape index (κ1) is 21.8. The van der Waals surface area contributed by atoms with Gasteiger partial charge in [-0.1, -0.05) is 68.4 Å². The van der Waals surface area contributed by atoms with Crippen molar-refractivity contribution >= 4 is 11.6 Å². The molecule has 5 heteroatoms. The van der Waals surface area contributed by atoms with Gasteiger partial charge in [0.25, 0.3) is 0 Å². The van der Waals surface area contributed by atoms with Crippen molar-refractivity contribution in [3.63, 3.8) is 0 Å². The Hall–Kier alpha value is -3.47. The molecule has 4 aromatic rings. The van der Waals surface area contributed by atoms with Gasteiger partial charge in [-0.15, -0.1) is 0 Å². The van der Waals surface area contributed by atoms with E-state index in [1.807, 2.05) is 56.4 Å². The summed E-state index contributed by atoms with van der Waals surface area (Å²) in [4.78, 5) is 17.8. The number of fused-ring (bicyclic) bond motifs is 1. The minimum atomic E-state index is -0.913.